The van der Waals surface area contributed by atoms with Crippen molar-refractivity contribution in [3.63, 3.8) is 0 Å². The second-order valence-corrected chi connectivity index (χ2v) is 4.86. The number of carbonyl (C=O) groups excluding carboxylic acids is 3. The van der Waals surface area contributed by atoms with Crippen molar-refractivity contribution < 1.29 is 14.4 Å². The molecular formula is C14H15N3O3. The number of carbonyl (C=O) groups is 3. The van der Waals surface area contributed by atoms with E-state index in [4.69, 9.17) is 0 Å². The van der Waals surface area contributed by atoms with Gasteiger partial charge in [0.2, 0.25) is 0 Å². The lowest BCUT2D eigenvalue weighted by atomic mass is 10.1. The van der Waals surface area contributed by atoms with E-state index in [1.165, 1.54) is 0 Å². The molecule has 0 aliphatic carbocycles. The predicted molar refractivity (Wildman–Crippen MR) is 71.2 cm³/mol. The number of nitrogens with one attached hydrogen (secondary N) is 1. The number of fused-ring (bicyclic) bond motifs is 1. The Morgan fingerprint density at radius 1 is 1.05 bits per heavy atom. The van der Waals surface area contributed by atoms with Crippen molar-refractivity contribution in [1.82, 2.24) is 15.1 Å². The second kappa shape index (κ2) is 5.15. The van der Waals surface area contributed by atoms with Crippen LogP contribution >= 0.6 is 0 Å². The summed E-state index contributed by atoms with van der Waals surface area (Å²) in [7, 11) is 0. The van der Waals surface area contributed by atoms with Crippen molar-refractivity contribution in [2.45, 2.75) is 6.17 Å². The highest BCUT2D eigenvalue weighted by Crippen LogP contribution is 2.25. The van der Waals surface area contributed by atoms with Crippen LogP contribution in [0.2, 0.25) is 0 Å². The molecule has 1 aromatic rings. The number of aldehydes is 1. The van der Waals surface area contributed by atoms with E-state index in [1.54, 1.807) is 24.3 Å². The number of hydrogen-bond donors (Lipinski definition) is 1. The Morgan fingerprint density at radius 3 is 2.10 bits per heavy atom. The number of imide groups is 1. The van der Waals surface area contributed by atoms with Gasteiger partial charge in [0, 0.05) is 26.2 Å². The van der Waals surface area contributed by atoms with Crippen molar-refractivity contribution in [3.05, 3.63) is 35.4 Å². The predicted octanol–water partition coefficient (Wildman–Crippen LogP) is -0.287. The molecule has 104 valence electrons. The Balaban J connectivity index is 1.92. The van der Waals surface area contributed by atoms with Gasteiger partial charge < -0.3 is 5.32 Å². The molecule has 2 aliphatic heterocycles. The highest BCUT2D eigenvalue weighted by Gasteiger charge is 2.42. The smallest absolute Gasteiger partial charge is 0.263 e. The van der Waals surface area contributed by atoms with E-state index in [9.17, 15) is 14.4 Å². The van der Waals surface area contributed by atoms with Gasteiger partial charge in [-0.1, -0.05) is 12.1 Å². The Morgan fingerprint density at radius 2 is 1.60 bits per heavy atom. The molecule has 1 saturated heterocycles. The third-order valence-corrected chi connectivity index (χ3v) is 3.74. The third-order valence-electron chi connectivity index (χ3n) is 3.74. The molecule has 6 nitrogen and oxygen atoms in total. The summed E-state index contributed by atoms with van der Waals surface area (Å²) in [5.74, 6) is -0.775. The Hall–Kier alpha value is -2.05. The Labute approximate surface area is 116 Å². The van der Waals surface area contributed by atoms with Crippen LogP contribution in [0.4, 0.5) is 0 Å². The second-order valence-electron chi connectivity index (χ2n) is 4.86. The monoisotopic (exact) mass is 273 g/mol. The molecule has 1 unspecified atom stereocenters. The van der Waals surface area contributed by atoms with Gasteiger partial charge in [-0.25, -0.2) is 0 Å². The standard InChI is InChI=1S/C14H15N3O3/c18-9-12(16-7-5-15-6-8-16)17-13(19)10-3-1-2-4-11(10)14(17)20/h1-4,9,12,15H,5-8H2. The van der Waals surface area contributed by atoms with Gasteiger partial charge in [0.05, 0.1) is 11.1 Å². The van der Waals surface area contributed by atoms with E-state index in [-0.39, 0.29) is 11.8 Å². The molecule has 0 radical (unpaired) electrons. The fourth-order valence-electron chi connectivity index (χ4n) is 2.71. The lowest BCUT2D eigenvalue weighted by molar-refractivity contribution is -0.116. The van der Waals surface area contributed by atoms with Crippen LogP contribution < -0.4 is 5.32 Å². The molecule has 0 bridgehead atoms. The molecule has 0 spiro atoms. The van der Waals surface area contributed by atoms with Gasteiger partial charge in [0.15, 0.2) is 6.29 Å². The van der Waals surface area contributed by atoms with E-state index in [0.29, 0.717) is 30.5 Å². The SMILES string of the molecule is O=CC(N1CCNCC1)N1C(=O)c2ccccc2C1=O. The molecule has 1 fully saturated rings. The summed E-state index contributed by atoms with van der Waals surface area (Å²) in [6.07, 6.45) is -0.142. The van der Waals surface area contributed by atoms with Crippen molar-refractivity contribution >= 4 is 18.1 Å². The Kier molecular flexibility index (Phi) is 3.33. The van der Waals surface area contributed by atoms with E-state index in [1.807, 2.05) is 4.90 Å². The van der Waals surface area contributed by atoms with E-state index >= 15 is 0 Å². The van der Waals surface area contributed by atoms with Gasteiger partial charge in [0.25, 0.3) is 11.8 Å². The van der Waals surface area contributed by atoms with E-state index in [2.05, 4.69) is 5.32 Å². The first-order valence-corrected chi connectivity index (χ1v) is 6.61. The lowest BCUT2D eigenvalue weighted by Gasteiger charge is -2.35. The zero-order chi connectivity index (χ0) is 14.1. The molecule has 2 amide bonds. The summed E-state index contributed by atoms with van der Waals surface area (Å²) >= 11 is 0. The van der Waals surface area contributed by atoms with E-state index < -0.39 is 6.17 Å². The number of nitrogens with zero attached hydrogens (tertiary/aromatic N) is 2. The molecule has 1 N–H and O–H groups in total. The molecule has 2 heterocycles. The highest BCUT2D eigenvalue weighted by molar-refractivity contribution is 6.22. The molecule has 6 heteroatoms. The van der Waals surface area contributed by atoms with Crippen LogP contribution in [0.3, 0.4) is 0 Å². The first kappa shape index (κ1) is 13.0. The number of amides is 2. The van der Waals surface area contributed by atoms with Crippen LogP contribution in [0.25, 0.3) is 0 Å². The van der Waals surface area contributed by atoms with Crippen LogP contribution in [-0.4, -0.2) is 60.2 Å². The summed E-state index contributed by atoms with van der Waals surface area (Å²) in [4.78, 5) is 39.1. The van der Waals surface area contributed by atoms with E-state index in [0.717, 1.165) is 18.0 Å². The van der Waals surface area contributed by atoms with Gasteiger partial charge in [-0.05, 0) is 12.1 Å². The average molecular weight is 273 g/mol. The maximum atomic E-state index is 12.4. The molecule has 0 saturated carbocycles. The fourth-order valence-corrected chi connectivity index (χ4v) is 2.71. The van der Waals surface area contributed by atoms with Crippen molar-refractivity contribution in [3.8, 4) is 0 Å². The molecule has 2 aliphatic rings. The summed E-state index contributed by atoms with van der Waals surface area (Å²) in [6.45, 7) is 2.76. The van der Waals surface area contributed by atoms with Crippen molar-refractivity contribution in [2.75, 3.05) is 26.2 Å². The minimum atomic E-state index is -0.815. The summed E-state index contributed by atoms with van der Waals surface area (Å²) in [5, 5.41) is 3.18. The summed E-state index contributed by atoms with van der Waals surface area (Å²) in [5.41, 5.74) is 0.749. The number of piperazine rings is 1. The summed E-state index contributed by atoms with van der Waals surface area (Å²) < 4.78 is 0. The molecule has 3 rings (SSSR count). The minimum absolute atomic E-state index is 0.375. The molecule has 1 atom stereocenters. The van der Waals surface area contributed by atoms with Gasteiger partial charge in [0.1, 0.15) is 6.17 Å². The largest absolute Gasteiger partial charge is 0.314 e. The maximum absolute atomic E-state index is 12.4. The average Bonchev–Trinajstić information content (AvgIpc) is 2.75. The topological polar surface area (TPSA) is 69.7 Å². The first-order valence-electron chi connectivity index (χ1n) is 6.61. The first-order chi connectivity index (χ1) is 9.74. The van der Waals surface area contributed by atoms with Gasteiger partial charge in [-0.15, -0.1) is 0 Å². The van der Waals surface area contributed by atoms with Crippen LogP contribution in [0, 0.1) is 0 Å². The molecule has 1 aromatic carbocycles. The number of hydrogen-bond acceptors (Lipinski definition) is 5. The quantitative estimate of drug-likeness (QED) is 0.605. The van der Waals surface area contributed by atoms with Crippen LogP contribution in [-0.2, 0) is 4.79 Å². The van der Waals surface area contributed by atoms with Crippen LogP contribution in [0.1, 0.15) is 20.7 Å². The fraction of sp³-hybridized carbons (Fsp3) is 0.357. The molecular weight excluding hydrogens is 258 g/mol. The third kappa shape index (κ3) is 1.93. The zero-order valence-corrected chi connectivity index (χ0v) is 10.9. The number of benzene rings is 1. The van der Waals surface area contributed by atoms with Crippen molar-refractivity contribution in [2.24, 2.45) is 0 Å². The highest BCUT2D eigenvalue weighted by atomic mass is 16.2. The molecule has 20 heavy (non-hydrogen) atoms. The van der Waals surface area contributed by atoms with Gasteiger partial charge in [-0.2, -0.15) is 0 Å². The zero-order valence-electron chi connectivity index (χ0n) is 10.9. The van der Waals surface area contributed by atoms with Gasteiger partial charge >= 0.3 is 0 Å². The minimum Gasteiger partial charge on any atom is -0.314 e. The molecule has 0 aromatic heterocycles. The Bertz CT molecular complexity index is 532. The van der Waals surface area contributed by atoms with Crippen LogP contribution in [0.5, 0.6) is 0 Å². The summed E-state index contributed by atoms with van der Waals surface area (Å²) in [6, 6.07) is 6.67. The lowest BCUT2D eigenvalue weighted by Crippen LogP contribution is -2.57. The number of rotatable bonds is 3. The van der Waals surface area contributed by atoms with Gasteiger partial charge in [-0.3, -0.25) is 24.2 Å². The van der Waals surface area contributed by atoms with Crippen molar-refractivity contribution in [1.29, 1.82) is 0 Å². The maximum Gasteiger partial charge on any atom is 0.263 e. The van der Waals surface area contributed by atoms with Crippen LogP contribution in [0.15, 0.2) is 24.3 Å². The normalized spacial score (nSPS) is 20.9.